The molecule has 106 valence electrons. The van der Waals surface area contributed by atoms with E-state index in [9.17, 15) is 9.59 Å². The van der Waals surface area contributed by atoms with Crippen LogP contribution in [0.15, 0.2) is 0 Å². The number of carbonyl (C=O) groups is 2. The summed E-state index contributed by atoms with van der Waals surface area (Å²) in [5.74, 6) is 2.01. The number of amides is 2. The van der Waals surface area contributed by atoms with E-state index in [2.05, 4.69) is 12.2 Å². The van der Waals surface area contributed by atoms with E-state index in [1.54, 1.807) is 11.8 Å². The van der Waals surface area contributed by atoms with Gasteiger partial charge in [0.25, 0.3) is 0 Å². The van der Waals surface area contributed by atoms with E-state index in [1.165, 1.54) is 32.1 Å². The number of thioether (sulfide) groups is 1. The standard InChI is InChI=1S/C15H23NO2S/c1-2-3-4-5-9-19-15-11-8-6-7-10(11)12(15)13(17)16-14(15)18/h10-12H,2-9H2,1H3,(H,16,17,18)/t10-,11+,12?,15?/m1/s1. The van der Waals surface area contributed by atoms with Crippen LogP contribution in [-0.2, 0) is 9.59 Å². The highest BCUT2D eigenvalue weighted by molar-refractivity contribution is 8.01. The molecule has 2 saturated carbocycles. The number of nitrogens with one attached hydrogen (secondary N) is 1. The van der Waals surface area contributed by atoms with Gasteiger partial charge in [-0.1, -0.05) is 32.6 Å². The highest BCUT2D eigenvalue weighted by Crippen LogP contribution is 2.65. The minimum atomic E-state index is -0.371. The molecule has 0 aromatic heterocycles. The van der Waals surface area contributed by atoms with Crippen molar-refractivity contribution in [2.24, 2.45) is 17.8 Å². The van der Waals surface area contributed by atoms with Crippen molar-refractivity contribution in [3.8, 4) is 0 Å². The summed E-state index contributed by atoms with van der Waals surface area (Å²) < 4.78 is -0.371. The molecule has 0 spiro atoms. The predicted octanol–water partition coefficient (Wildman–Crippen LogP) is 2.74. The second-order valence-corrected chi connectivity index (χ2v) is 7.57. The molecule has 1 heterocycles. The first-order valence-electron chi connectivity index (χ1n) is 7.71. The van der Waals surface area contributed by atoms with Gasteiger partial charge in [-0.25, -0.2) is 0 Å². The minimum absolute atomic E-state index is 0.00853. The Hall–Kier alpha value is -0.510. The minimum Gasteiger partial charge on any atom is -0.295 e. The van der Waals surface area contributed by atoms with Crippen molar-refractivity contribution < 1.29 is 9.59 Å². The summed E-state index contributed by atoms with van der Waals surface area (Å²) >= 11 is 1.79. The molecule has 4 atom stereocenters. The largest absolute Gasteiger partial charge is 0.295 e. The fourth-order valence-corrected chi connectivity index (χ4v) is 6.21. The number of rotatable bonds is 6. The maximum absolute atomic E-state index is 12.3. The van der Waals surface area contributed by atoms with Crippen LogP contribution in [0.1, 0.15) is 51.9 Å². The molecular weight excluding hydrogens is 258 g/mol. The second kappa shape index (κ2) is 5.12. The number of fused-ring (bicyclic) bond motifs is 4. The third-order valence-electron chi connectivity index (χ3n) is 5.22. The van der Waals surface area contributed by atoms with Crippen LogP contribution in [0, 0.1) is 17.8 Å². The fourth-order valence-electron chi connectivity index (χ4n) is 4.37. The van der Waals surface area contributed by atoms with Crippen molar-refractivity contribution in [3.05, 3.63) is 0 Å². The number of hydrogen-bond acceptors (Lipinski definition) is 3. The Morgan fingerprint density at radius 2 is 2.11 bits per heavy atom. The Labute approximate surface area is 119 Å². The van der Waals surface area contributed by atoms with Gasteiger partial charge in [0.15, 0.2) is 0 Å². The molecule has 3 rings (SSSR count). The van der Waals surface area contributed by atoms with Crippen molar-refractivity contribution in [1.29, 1.82) is 0 Å². The van der Waals surface area contributed by atoms with Gasteiger partial charge in [0, 0.05) is 0 Å². The molecule has 2 amide bonds. The van der Waals surface area contributed by atoms with Crippen molar-refractivity contribution >= 4 is 23.6 Å². The van der Waals surface area contributed by atoms with E-state index in [0.29, 0.717) is 11.8 Å². The molecule has 3 nitrogen and oxygen atoms in total. The number of carbonyl (C=O) groups excluding carboxylic acids is 2. The summed E-state index contributed by atoms with van der Waals surface area (Å²) in [7, 11) is 0. The number of unbranched alkanes of at least 4 members (excludes halogenated alkanes) is 3. The zero-order valence-electron chi connectivity index (χ0n) is 11.6. The second-order valence-electron chi connectivity index (χ2n) is 6.20. The molecule has 1 aliphatic heterocycles. The lowest BCUT2D eigenvalue weighted by Crippen LogP contribution is -2.60. The maximum atomic E-state index is 12.3. The predicted molar refractivity (Wildman–Crippen MR) is 76.8 cm³/mol. The third-order valence-corrected chi connectivity index (χ3v) is 6.94. The highest BCUT2D eigenvalue weighted by Gasteiger charge is 2.73. The first-order chi connectivity index (χ1) is 9.21. The van der Waals surface area contributed by atoms with Crippen LogP contribution in [0.4, 0.5) is 0 Å². The van der Waals surface area contributed by atoms with E-state index in [1.807, 2.05) is 0 Å². The van der Waals surface area contributed by atoms with Crippen LogP contribution >= 0.6 is 11.8 Å². The zero-order valence-corrected chi connectivity index (χ0v) is 12.4. The van der Waals surface area contributed by atoms with E-state index in [-0.39, 0.29) is 22.5 Å². The topological polar surface area (TPSA) is 46.2 Å². The quantitative estimate of drug-likeness (QED) is 0.601. The smallest absolute Gasteiger partial charge is 0.243 e. The summed E-state index contributed by atoms with van der Waals surface area (Å²) in [6, 6.07) is 0. The molecular formula is C15H23NO2S. The van der Waals surface area contributed by atoms with Gasteiger partial charge in [0.2, 0.25) is 11.8 Å². The first-order valence-corrected chi connectivity index (χ1v) is 8.69. The van der Waals surface area contributed by atoms with Gasteiger partial charge in [0.1, 0.15) is 4.75 Å². The van der Waals surface area contributed by atoms with Crippen LogP contribution in [0.25, 0.3) is 0 Å². The summed E-state index contributed by atoms with van der Waals surface area (Å²) in [6.45, 7) is 2.21. The van der Waals surface area contributed by atoms with Crippen molar-refractivity contribution in [1.82, 2.24) is 5.32 Å². The van der Waals surface area contributed by atoms with Gasteiger partial charge in [-0.05, 0) is 36.9 Å². The first kappa shape index (κ1) is 13.5. The SMILES string of the molecule is CCCCCCSC12C(=O)NC(=O)C1[C@@H]1CCC[C@@H]12. The molecule has 0 radical (unpaired) electrons. The Balaban J connectivity index is 1.65. The van der Waals surface area contributed by atoms with Gasteiger partial charge in [-0.3, -0.25) is 14.9 Å². The Morgan fingerprint density at radius 3 is 2.89 bits per heavy atom. The van der Waals surface area contributed by atoms with Gasteiger partial charge in [0.05, 0.1) is 5.92 Å². The molecule has 3 fully saturated rings. The average Bonchev–Trinajstić information content (AvgIpc) is 2.85. The van der Waals surface area contributed by atoms with Crippen molar-refractivity contribution in [3.63, 3.8) is 0 Å². The summed E-state index contributed by atoms with van der Waals surface area (Å²) in [4.78, 5) is 24.3. The van der Waals surface area contributed by atoms with Crippen LogP contribution in [0.2, 0.25) is 0 Å². The normalized spacial score (nSPS) is 39.7. The van der Waals surface area contributed by atoms with Crippen LogP contribution < -0.4 is 5.32 Å². The van der Waals surface area contributed by atoms with Crippen LogP contribution in [0.3, 0.4) is 0 Å². The molecule has 19 heavy (non-hydrogen) atoms. The lowest BCUT2D eigenvalue weighted by molar-refractivity contribution is -0.130. The monoisotopic (exact) mass is 281 g/mol. The summed E-state index contributed by atoms with van der Waals surface area (Å²) in [6.07, 6.45) is 8.42. The summed E-state index contributed by atoms with van der Waals surface area (Å²) in [5, 5.41) is 2.60. The zero-order chi connectivity index (χ0) is 13.5. The van der Waals surface area contributed by atoms with E-state index in [4.69, 9.17) is 0 Å². The third kappa shape index (κ3) is 1.86. The molecule has 0 aromatic carbocycles. The van der Waals surface area contributed by atoms with Gasteiger partial charge < -0.3 is 0 Å². The van der Waals surface area contributed by atoms with E-state index >= 15 is 0 Å². The molecule has 2 unspecified atom stereocenters. The van der Waals surface area contributed by atoms with Gasteiger partial charge in [-0.2, -0.15) is 0 Å². The van der Waals surface area contributed by atoms with Gasteiger partial charge >= 0.3 is 0 Å². The van der Waals surface area contributed by atoms with Crippen molar-refractivity contribution in [2.45, 2.75) is 56.6 Å². The Kier molecular flexibility index (Phi) is 3.63. The van der Waals surface area contributed by atoms with E-state index < -0.39 is 0 Å². The molecule has 0 aromatic rings. The molecule has 1 N–H and O–H groups in total. The maximum Gasteiger partial charge on any atom is 0.243 e. The Morgan fingerprint density at radius 1 is 1.26 bits per heavy atom. The lowest BCUT2D eigenvalue weighted by Gasteiger charge is -2.51. The highest BCUT2D eigenvalue weighted by atomic mass is 32.2. The van der Waals surface area contributed by atoms with Crippen molar-refractivity contribution in [2.75, 3.05) is 5.75 Å². The lowest BCUT2D eigenvalue weighted by atomic mass is 9.58. The molecule has 0 bridgehead atoms. The molecule has 4 heteroatoms. The summed E-state index contributed by atoms with van der Waals surface area (Å²) in [5.41, 5.74) is 0. The average molecular weight is 281 g/mol. The number of imide groups is 1. The molecule has 3 aliphatic rings. The molecule has 1 saturated heterocycles. The van der Waals surface area contributed by atoms with Gasteiger partial charge in [-0.15, -0.1) is 11.8 Å². The fraction of sp³-hybridized carbons (Fsp3) is 0.867. The molecule has 2 aliphatic carbocycles. The number of hydrogen-bond donors (Lipinski definition) is 1. The van der Waals surface area contributed by atoms with E-state index in [0.717, 1.165) is 18.6 Å². The Bertz CT molecular complexity index is 398. The van der Waals surface area contributed by atoms with Crippen LogP contribution in [0.5, 0.6) is 0 Å². The van der Waals surface area contributed by atoms with Crippen LogP contribution in [-0.4, -0.2) is 22.3 Å².